The number of benzene rings is 1. The second-order valence-corrected chi connectivity index (χ2v) is 5.37. The van der Waals surface area contributed by atoms with Crippen LogP contribution in [0.2, 0.25) is 0 Å². The van der Waals surface area contributed by atoms with Crippen LogP contribution in [0.25, 0.3) is 0 Å². The molecule has 19 heavy (non-hydrogen) atoms. The number of carbonyl (C=O) groups excluding carboxylic acids is 1. The highest BCUT2D eigenvalue weighted by Gasteiger charge is 2.26. The van der Waals surface area contributed by atoms with Crippen molar-refractivity contribution >= 4 is 33.2 Å². The fraction of sp³-hybridized carbons (Fsp3) is 0.143. The number of carbonyl (C=O) groups is 1. The third kappa shape index (κ3) is 2.21. The molecule has 0 aliphatic carbocycles. The van der Waals surface area contributed by atoms with Gasteiger partial charge in [0.25, 0.3) is 5.91 Å². The zero-order valence-electron chi connectivity index (χ0n) is 10.1. The number of nitrogens with two attached hydrogens (primary N) is 1. The summed E-state index contributed by atoms with van der Waals surface area (Å²) in [5.74, 6) is -0.0862. The maximum absolute atomic E-state index is 12.4. The molecule has 0 saturated carbocycles. The predicted molar refractivity (Wildman–Crippen MR) is 78.2 cm³/mol. The summed E-state index contributed by atoms with van der Waals surface area (Å²) >= 11 is 3.31. The summed E-state index contributed by atoms with van der Waals surface area (Å²) in [6.45, 7) is 0.676. The van der Waals surface area contributed by atoms with Crippen molar-refractivity contribution in [2.75, 3.05) is 17.2 Å². The molecule has 2 N–H and O–H groups in total. The second-order valence-electron chi connectivity index (χ2n) is 4.46. The Morgan fingerprint density at radius 2 is 2.16 bits per heavy atom. The number of nitrogen functional groups attached to an aromatic ring is 1. The van der Waals surface area contributed by atoms with Crippen LogP contribution >= 0.6 is 15.9 Å². The Bertz CT molecular complexity index is 640. The Balaban J connectivity index is 1.95. The van der Waals surface area contributed by atoms with Crippen LogP contribution in [0, 0.1) is 0 Å². The Hall–Kier alpha value is -1.88. The van der Waals surface area contributed by atoms with E-state index in [4.69, 9.17) is 5.73 Å². The van der Waals surface area contributed by atoms with E-state index in [1.807, 2.05) is 24.3 Å². The van der Waals surface area contributed by atoms with Crippen molar-refractivity contribution in [1.82, 2.24) is 4.98 Å². The normalized spacial score (nSPS) is 13.4. The zero-order valence-corrected chi connectivity index (χ0v) is 11.7. The Morgan fingerprint density at radius 3 is 2.89 bits per heavy atom. The summed E-state index contributed by atoms with van der Waals surface area (Å²) in [5, 5.41) is 0. The van der Waals surface area contributed by atoms with Gasteiger partial charge in [0.05, 0.1) is 0 Å². The molecule has 3 rings (SSSR count). The van der Waals surface area contributed by atoms with E-state index in [0.717, 1.165) is 22.1 Å². The van der Waals surface area contributed by atoms with Gasteiger partial charge in [-0.05, 0) is 52.2 Å². The molecule has 1 aliphatic rings. The fourth-order valence-corrected chi connectivity index (χ4v) is 2.48. The maximum Gasteiger partial charge on any atom is 0.276 e. The topological polar surface area (TPSA) is 59.2 Å². The number of anilines is 2. The molecule has 2 aromatic rings. The van der Waals surface area contributed by atoms with E-state index < -0.39 is 0 Å². The van der Waals surface area contributed by atoms with E-state index in [-0.39, 0.29) is 5.91 Å². The molecule has 0 spiro atoms. The summed E-state index contributed by atoms with van der Waals surface area (Å²) in [6.07, 6.45) is 2.49. The van der Waals surface area contributed by atoms with Crippen LogP contribution in [0.3, 0.4) is 0 Å². The molecule has 0 saturated heterocycles. The third-order valence-electron chi connectivity index (χ3n) is 3.20. The standard InChI is InChI=1S/C14H12BrN3O/c15-10-2-4-12(17-8-10)14(19)18-6-5-9-1-3-11(16)7-13(9)18/h1-4,7-8H,5-6,16H2. The first-order valence-corrected chi connectivity index (χ1v) is 6.76. The third-order valence-corrected chi connectivity index (χ3v) is 3.67. The summed E-state index contributed by atoms with van der Waals surface area (Å²) in [5.41, 5.74) is 8.95. The van der Waals surface area contributed by atoms with Gasteiger partial charge in [-0.25, -0.2) is 4.98 Å². The lowest BCUT2D eigenvalue weighted by Crippen LogP contribution is -2.29. The van der Waals surface area contributed by atoms with Gasteiger partial charge in [-0.2, -0.15) is 0 Å². The van der Waals surface area contributed by atoms with Crippen molar-refractivity contribution in [3.8, 4) is 0 Å². The van der Waals surface area contributed by atoms with Crippen LogP contribution in [0.5, 0.6) is 0 Å². The smallest absolute Gasteiger partial charge is 0.276 e. The van der Waals surface area contributed by atoms with Gasteiger partial charge < -0.3 is 10.6 Å². The maximum atomic E-state index is 12.4. The minimum atomic E-state index is -0.0862. The summed E-state index contributed by atoms with van der Waals surface area (Å²) < 4.78 is 0.857. The molecule has 0 unspecified atom stereocenters. The van der Waals surface area contributed by atoms with E-state index in [1.165, 1.54) is 0 Å². The molecule has 2 heterocycles. The van der Waals surface area contributed by atoms with Crippen LogP contribution < -0.4 is 10.6 Å². The van der Waals surface area contributed by atoms with Gasteiger partial charge >= 0.3 is 0 Å². The second kappa shape index (κ2) is 4.66. The van der Waals surface area contributed by atoms with Gasteiger partial charge in [0.2, 0.25) is 0 Å². The number of fused-ring (bicyclic) bond motifs is 1. The number of nitrogens with zero attached hydrogens (tertiary/aromatic N) is 2. The van der Waals surface area contributed by atoms with E-state index in [9.17, 15) is 4.79 Å². The lowest BCUT2D eigenvalue weighted by atomic mass is 10.1. The monoisotopic (exact) mass is 317 g/mol. The van der Waals surface area contributed by atoms with Gasteiger partial charge in [0, 0.05) is 28.6 Å². The molecule has 0 radical (unpaired) electrons. The molecule has 0 fully saturated rings. The average Bonchev–Trinajstić information content (AvgIpc) is 2.81. The molecule has 1 aliphatic heterocycles. The largest absolute Gasteiger partial charge is 0.399 e. The quantitative estimate of drug-likeness (QED) is 0.822. The SMILES string of the molecule is Nc1ccc2c(c1)N(C(=O)c1ccc(Br)cn1)CC2. The number of amides is 1. The Kier molecular flexibility index (Phi) is 2.98. The van der Waals surface area contributed by atoms with E-state index >= 15 is 0 Å². The molecular weight excluding hydrogens is 306 g/mol. The highest BCUT2D eigenvalue weighted by molar-refractivity contribution is 9.10. The predicted octanol–water partition coefficient (Wildman–Crippen LogP) is 2.63. The first-order chi connectivity index (χ1) is 9.15. The Morgan fingerprint density at radius 1 is 1.32 bits per heavy atom. The lowest BCUT2D eigenvalue weighted by molar-refractivity contribution is 0.0984. The number of aromatic nitrogens is 1. The highest BCUT2D eigenvalue weighted by Crippen LogP contribution is 2.30. The van der Waals surface area contributed by atoms with Crippen molar-refractivity contribution in [2.45, 2.75) is 6.42 Å². The molecule has 1 aromatic carbocycles. The summed E-state index contributed by atoms with van der Waals surface area (Å²) in [4.78, 5) is 18.3. The summed E-state index contributed by atoms with van der Waals surface area (Å²) in [7, 11) is 0. The zero-order chi connectivity index (χ0) is 13.4. The molecule has 96 valence electrons. The van der Waals surface area contributed by atoms with Gasteiger partial charge in [0.1, 0.15) is 5.69 Å². The van der Waals surface area contributed by atoms with Gasteiger partial charge in [-0.3, -0.25) is 4.79 Å². The minimum absolute atomic E-state index is 0.0862. The molecule has 0 atom stereocenters. The van der Waals surface area contributed by atoms with Crippen LogP contribution in [-0.4, -0.2) is 17.4 Å². The Labute approximate surface area is 119 Å². The first-order valence-electron chi connectivity index (χ1n) is 5.97. The van der Waals surface area contributed by atoms with Crippen molar-refractivity contribution in [2.24, 2.45) is 0 Å². The summed E-state index contributed by atoms with van der Waals surface area (Å²) in [6, 6.07) is 9.23. The minimum Gasteiger partial charge on any atom is -0.399 e. The number of hydrogen-bond donors (Lipinski definition) is 1. The van der Waals surface area contributed by atoms with Crippen molar-refractivity contribution in [1.29, 1.82) is 0 Å². The molecular formula is C14H12BrN3O. The van der Waals surface area contributed by atoms with Crippen LogP contribution in [0.1, 0.15) is 16.1 Å². The molecule has 1 aromatic heterocycles. The average molecular weight is 318 g/mol. The lowest BCUT2D eigenvalue weighted by Gasteiger charge is -2.17. The number of hydrogen-bond acceptors (Lipinski definition) is 3. The van der Waals surface area contributed by atoms with Crippen LogP contribution in [-0.2, 0) is 6.42 Å². The van der Waals surface area contributed by atoms with E-state index in [2.05, 4.69) is 20.9 Å². The number of halogens is 1. The number of pyridine rings is 1. The van der Waals surface area contributed by atoms with Gasteiger partial charge in [0.15, 0.2) is 0 Å². The number of rotatable bonds is 1. The van der Waals surface area contributed by atoms with Crippen LogP contribution in [0.15, 0.2) is 41.0 Å². The molecule has 1 amide bonds. The first kappa shape index (κ1) is 12.2. The fourth-order valence-electron chi connectivity index (χ4n) is 2.25. The van der Waals surface area contributed by atoms with Gasteiger partial charge in [-0.15, -0.1) is 0 Å². The van der Waals surface area contributed by atoms with Gasteiger partial charge in [-0.1, -0.05) is 6.07 Å². The van der Waals surface area contributed by atoms with Crippen LogP contribution in [0.4, 0.5) is 11.4 Å². The van der Waals surface area contributed by atoms with E-state index in [1.54, 1.807) is 17.2 Å². The molecule has 4 nitrogen and oxygen atoms in total. The van der Waals surface area contributed by atoms with Crippen molar-refractivity contribution in [3.05, 3.63) is 52.3 Å². The molecule has 0 bridgehead atoms. The highest BCUT2D eigenvalue weighted by atomic mass is 79.9. The van der Waals surface area contributed by atoms with Crippen molar-refractivity contribution < 1.29 is 4.79 Å². The van der Waals surface area contributed by atoms with E-state index in [0.29, 0.717) is 17.9 Å². The molecule has 5 heteroatoms. The van der Waals surface area contributed by atoms with Crippen molar-refractivity contribution in [3.63, 3.8) is 0 Å².